The maximum atomic E-state index is 13.8. The van der Waals surface area contributed by atoms with E-state index in [1.54, 1.807) is 35.4 Å². The summed E-state index contributed by atoms with van der Waals surface area (Å²) >= 11 is 0. The standard InChI is InChI=1S/C17H17FN6O2/c18-13-8-19-4-3-15(13)26-16-9-21-17(23-22-16)12-2-1-11(7-14(12)25)24-6-5-20-10-24/h1-2,5-7,9-10,13,15,19,25H,3-4,8H2/t13-,15-/m0/s1. The van der Waals surface area contributed by atoms with E-state index in [1.165, 1.54) is 6.20 Å². The molecule has 1 aliphatic heterocycles. The largest absolute Gasteiger partial charge is 0.507 e. The lowest BCUT2D eigenvalue weighted by atomic mass is 10.1. The van der Waals surface area contributed by atoms with E-state index in [2.05, 4.69) is 25.5 Å². The van der Waals surface area contributed by atoms with Crippen LogP contribution in [0.25, 0.3) is 17.1 Å². The summed E-state index contributed by atoms with van der Waals surface area (Å²) in [6.45, 7) is 0.960. The van der Waals surface area contributed by atoms with Gasteiger partial charge in [0.05, 0.1) is 23.8 Å². The van der Waals surface area contributed by atoms with Crippen LogP contribution in [-0.4, -0.2) is 55.2 Å². The molecule has 0 unspecified atom stereocenters. The lowest BCUT2D eigenvalue weighted by molar-refractivity contribution is 0.0681. The van der Waals surface area contributed by atoms with Crippen molar-refractivity contribution in [2.75, 3.05) is 13.1 Å². The van der Waals surface area contributed by atoms with Crippen LogP contribution in [0.5, 0.6) is 11.6 Å². The van der Waals surface area contributed by atoms with Crippen molar-refractivity contribution in [3.05, 3.63) is 43.1 Å². The van der Waals surface area contributed by atoms with E-state index in [0.717, 1.165) is 5.69 Å². The van der Waals surface area contributed by atoms with E-state index >= 15 is 0 Å². The van der Waals surface area contributed by atoms with Gasteiger partial charge in [-0.2, -0.15) is 0 Å². The predicted octanol–water partition coefficient (Wildman–Crippen LogP) is 1.51. The Hall–Kier alpha value is -3.07. The highest BCUT2D eigenvalue weighted by Gasteiger charge is 2.26. The number of hydrogen-bond donors (Lipinski definition) is 2. The molecule has 3 aromatic rings. The molecule has 8 nitrogen and oxygen atoms in total. The number of aromatic hydroxyl groups is 1. The van der Waals surface area contributed by atoms with Gasteiger partial charge in [0.25, 0.3) is 5.88 Å². The van der Waals surface area contributed by atoms with Gasteiger partial charge in [-0.25, -0.2) is 14.4 Å². The second-order valence-electron chi connectivity index (χ2n) is 5.96. The van der Waals surface area contributed by atoms with Crippen LogP contribution in [0.4, 0.5) is 4.39 Å². The Labute approximate surface area is 148 Å². The fourth-order valence-electron chi connectivity index (χ4n) is 2.81. The highest BCUT2D eigenvalue weighted by Crippen LogP contribution is 2.28. The molecule has 3 heterocycles. The number of imidazole rings is 1. The van der Waals surface area contributed by atoms with E-state index in [9.17, 15) is 9.50 Å². The minimum atomic E-state index is -1.09. The SMILES string of the molecule is Oc1cc(-n2ccnc2)ccc1-c1ncc(O[C@H]2CCNC[C@@H]2F)nn1. The van der Waals surface area contributed by atoms with Gasteiger partial charge >= 0.3 is 0 Å². The van der Waals surface area contributed by atoms with Crippen LogP contribution in [0, 0.1) is 0 Å². The topological polar surface area (TPSA) is 98.0 Å². The number of halogens is 1. The molecule has 4 rings (SSSR count). The Kier molecular flexibility index (Phi) is 4.44. The molecule has 0 amide bonds. The van der Waals surface area contributed by atoms with Crippen molar-refractivity contribution in [2.45, 2.75) is 18.7 Å². The molecule has 0 saturated carbocycles. The smallest absolute Gasteiger partial charge is 0.252 e. The van der Waals surface area contributed by atoms with Crippen molar-refractivity contribution >= 4 is 0 Å². The summed E-state index contributed by atoms with van der Waals surface area (Å²) < 4.78 is 21.1. The number of alkyl halides is 1. The van der Waals surface area contributed by atoms with E-state index in [0.29, 0.717) is 18.5 Å². The number of piperidine rings is 1. The Morgan fingerprint density at radius 1 is 1.31 bits per heavy atom. The first-order valence-corrected chi connectivity index (χ1v) is 8.23. The van der Waals surface area contributed by atoms with Gasteiger partial charge < -0.3 is 19.7 Å². The Morgan fingerprint density at radius 2 is 2.23 bits per heavy atom. The molecule has 2 N–H and O–H groups in total. The molecular formula is C17H17FN6O2. The van der Waals surface area contributed by atoms with Crippen LogP contribution in [0.15, 0.2) is 43.1 Å². The van der Waals surface area contributed by atoms with E-state index < -0.39 is 12.3 Å². The van der Waals surface area contributed by atoms with Gasteiger partial charge in [-0.05, 0) is 25.1 Å². The van der Waals surface area contributed by atoms with Gasteiger partial charge in [-0.15, -0.1) is 10.2 Å². The lowest BCUT2D eigenvalue weighted by Crippen LogP contribution is -2.44. The van der Waals surface area contributed by atoms with Crippen LogP contribution < -0.4 is 10.1 Å². The zero-order valence-electron chi connectivity index (χ0n) is 13.8. The summed E-state index contributed by atoms with van der Waals surface area (Å²) in [5.41, 5.74) is 1.20. The van der Waals surface area contributed by atoms with Crippen LogP contribution in [0.1, 0.15) is 6.42 Å². The fourth-order valence-corrected chi connectivity index (χ4v) is 2.81. The Bertz CT molecular complexity index is 871. The molecule has 2 atom stereocenters. The molecule has 26 heavy (non-hydrogen) atoms. The van der Waals surface area contributed by atoms with Crippen LogP contribution in [0.3, 0.4) is 0 Å². The van der Waals surface area contributed by atoms with Gasteiger partial charge in [0.1, 0.15) is 18.0 Å². The minimum absolute atomic E-state index is 0.0221. The number of hydrogen-bond acceptors (Lipinski definition) is 7. The second-order valence-corrected chi connectivity index (χ2v) is 5.96. The van der Waals surface area contributed by atoms with Gasteiger partial charge in [-0.3, -0.25) is 0 Å². The molecule has 0 radical (unpaired) electrons. The normalized spacial score (nSPS) is 20.0. The van der Waals surface area contributed by atoms with E-state index in [-0.39, 0.29) is 24.0 Å². The average Bonchev–Trinajstić information content (AvgIpc) is 3.19. The van der Waals surface area contributed by atoms with Crippen molar-refractivity contribution in [1.29, 1.82) is 0 Å². The number of phenolic OH excluding ortho intramolecular Hbond substituents is 1. The molecule has 2 aromatic heterocycles. The Balaban J connectivity index is 1.51. The second kappa shape index (κ2) is 7.04. The maximum absolute atomic E-state index is 13.8. The number of nitrogens with zero attached hydrogens (tertiary/aromatic N) is 5. The maximum Gasteiger partial charge on any atom is 0.252 e. The summed E-state index contributed by atoms with van der Waals surface area (Å²) in [7, 11) is 0. The summed E-state index contributed by atoms with van der Waals surface area (Å²) in [6, 6.07) is 5.10. The van der Waals surface area contributed by atoms with Crippen LogP contribution in [0.2, 0.25) is 0 Å². The van der Waals surface area contributed by atoms with Crippen LogP contribution >= 0.6 is 0 Å². The molecule has 0 spiro atoms. The summed E-state index contributed by atoms with van der Waals surface area (Å²) in [6.07, 6.45) is 5.36. The zero-order chi connectivity index (χ0) is 17.9. The van der Waals surface area contributed by atoms with Gasteiger partial charge in [0.15, 0.2) is 5.82 Å². The number of nitrogens with one attached hydrogen (secondary N) is 1. The third-order valence-corrected chi connectivity index (χ3v) is 4.19. The number of ether oxygens (including phenoxy) is 1. The van der Waals surface area contributed by atoms with Gasteiger partial charge in [0.2, 0.25) is 0 Å². The summed E-state index contributed by atoms with van der Waals surface area (Å²) in [5.74, 6) is 0.445. The number of phenols is 1. The monoisotopic (exact) mass is 356 g/mol. The molecule has 134 valence electrons. The number of rotatable bonds is 4. The molecule has 1 saturated heterocycles. The highest BCUT2D eigenvalue weighted by atomic mass is 19.1. The zero-order valence-corrected chi connectivity index (χ0v) is 13.8. The highest BCUT2D eigenvalue weighted by molar-refractivity contribution is 5.65. The molecule has 0 aliphatic carbocycles. The van der Waals surface area contributed by atoms with Gasteiger partial charge in [-0.1, -0.05) is 0 Å². The first-order valence-electron chi connectivity index (χ1n) is 8.23. The molecule has 9 heteroatoms. The fraction of sp³-hybridized carbons (Fsp3) is 0.294. The van der Waals surface area contributed by atoms with E-state index in [4.69, 9.17) is 4.74 Å². The summed E-state index contributed by atoms with van der Waals surface area (Å²) in [4.78, 5) is 8.15. The third-order valence-electron chi connectivity index (χ3n) is 4.19. The third kappa shape index (κ3) is 3.33. The van der Waals surface area contributed by atoms with E-state index in [1.807, 2.05) is 6.07 Å². The predicted molar refractivity (Wildman–Crippen MR) is 90.8 cm³/mol. The first kappa shape index (κ1) is 16.4. The Morgan fingerprint density at radius 3 is 2.92 bits per heavy atom. The molecule has 0 bridgehead atoms. The molecular weight excluding hydrogens is 339 g/mol. The molecule has 1 aromatic carbocycles. The first-order chi connectivity index (χ1) is 12.7. The van der Waals surface area contributed by atoms with Gasteiger partial charge in [0, 0.05) is 25.0 Å². The number of aromatic nitrogens is 5. The van der Waals surface area contributed by atoms with Crippen molar-refractivity contribution in [3.8, 4) is 28.7 Å². The minimum Gasteiger partial charge on any atom is -0.507 e. The molecule has 1 aliphatic rings. The van der Waals surface area contributed by atoms with Crippen LogP contribution in [-0.2, 0) is 0 Å². The quantitative estimate of drug-likeness (QED) is 0.731. The van der Waals surface area contributed by atoms with Crippen molar-refractivity contribution in [3.63, 3.8) is 0 Å². The molecule has 1 fully saturated rings. The van der Waals surface area contributed by atoms with Crippen molar-refractivity contribution in [2.24, 2.45) is 0 Å². The van der Waals surface area contributed by atoms with Crippen molar-refractivity contribution < 1.29 is 14.2 Å². The average molecular weight is 356 g/mol. The number of benzene rings is 1. The lowest BCUT2D eigenvalue weighted by Gasteiger charge is -2.26. The summed E-state index contributed by atoms with van der Waals surface area (Å²) in [5, 5.41) is 21.2. The van der Waals surface area contributed by atoms with Crippen molar-refractivity contribution in [1.82, 2.24) is 30.0 Å².